The van der Waals surface area contributed by atoms with Crippen LogP contribution in [0.3, 0.4) is 0 Å². The van der Waals surface area contributed by atoms with Gasteiger partial charge in [-0.3, -0.25) is 0 Å². The Labute approximate surface area is 125 Å². The minimum Gasteiger partial charge on any atom is -0.310 e. The zero-order valence-corrected chi connectivity index (χ0v) is 13.7. The summed E-state index contributed by atoms with van der Waals surface area (Å²) in [7, 11) is 0. The van der Waals surface area contributed by atoms with Gasteiger partial charge in [-0.25, -0.2) is 0 Å². The molecule has 0 radical (unpaired) electrons. The van der Waals surface area contributed by atoms with E-state index in [0.717, 1.165) is 12.5 Å². The first-order valence-electron chi connectivity index (χ1n) is 8.46. The van der Waals surface area contributed by atoms with Crippen molar-refractivity contribution in [3.05, 3.63) is 35.4 Å². The van der Waals surface area contributed by atoms with E-state index in [1.165, 1.54) is 31.2 Å². The van der Waals surface area contributed by atoms with Crippen LogP contribution in [0.5, 0.6) is 0 Å². The molecule has 1 nitrogen and oxygen atoms in total. The lowest BCUT2D eigenvalue weighted by molar-refractivity contribution is 0.303. The second-order valence-corrected chi connectivity index (χ2v) is 6.83. The fourth-order valence-corrected chi connectivity index (χ4v) is 3.01. The highest BCUT2D eigenvalue weighted by molar-refractivity contribution is 5.29. The molecule has 1 aliphatic rings. The zero-order chi connectivity index (χ0) is 14.5. The summed E-state index contributed by atoms with van der Waals surface area (Å²) in [6, 6.07) is 9.95. The van der Waals surface area contributed by atoms with E-state index >= 15 is 0 Å². The molecule has 20 heavy (non-hydrogen) atoms. The van der Waals surface area contributed by atoms with Gasteiger partial charge in [0.15, 0.2) is 0 Å². The van der Waals surface area contributed by atoms with Crippen molar-refractivity contribution in [3.63, 3.8) is 0 Å². The molecule has 0 heterocycles. The van der Waals surface area contributed by atoms with Gasteiger partial charge in [-0.15, -0.1) is 0 Å². The normalized spacial score (nSPS) is 18.9. The molecule has 1 N–H and O–H groups in total. The fraction of sp³-hybridized carbons (Fsp3) is 0.684. The van der Waals surface area contributed by atoms with Crippen molar-refractivity contribution in [3.8, 4) is 0 Å². The fourth-order valence-electron chi connectivity index (χ4n) is 3.01. The zero-order valence-electron chi connectivity index (χ0n) is 13.7. The van der Waals surface area contributed by atoms with Gasteiger partial charge in [0, 0.05) is 6.04 Å². The minimum atomic E-state index is 0.491. The van der Waals surface area contributed by atoms with Gasteiger partial charge in [0.1, 0.15) is 0 Å². The van der Waals surface area contributed by atoms with Crippen LogP contribution in [-0.2, 0) is 0 Å². The van der Waals surface area contributed by atoms with E-state index in [0.29, 0.717) is 17.9 Å². The molecule has 1 aliphatic carbocycles. The van der Waals surface area contributed by atoms with E-state index in [-0.39, 0.29) is 0 Å². The minimum absolute atomic E-state index is 0.491. The molecule has 0 saturated heterocycles. The van der Waals surface area contributed by atoms with Crippen molar-refractivity contribution in [1.29, 1.82) is 0 Å². The lowest BCUT2D eigenvalue weighted by Gasteiger charge is -2.30. The molecule has 0 aliphatic heterocycles. The molecule has 0 spiro atoms. The topological polar surface area (TPSA) is 12.0 Å². The first-order chi connectivity index (χ1) is 9.63. The van der Waals surface area contributed by atoms with Crippen molar-refractivity contribution < 1.29 is 0 Å². The summed E-state index contributed by atoms with van der Waals surface area (Å²) in [5.74, 6) is 2.21. The van der Waals surface area contributed by atoms with Crippen molar-refractivity contribution in [2.75, 3.05) is 6.54 Å². The Bertz CT molecular complexity index is 389. The molecule has 2 rings (SSSR count). The van der Waals surface area contributed by atoms with Crippen LogP contribution in [0, 0.1) is 11.8 Å². The molecule has 112 valence electrons. The van der Waals surface area contributed by atoms with Gasteiger partial charge in [0.2, 0.25) is 0 Å². The van der Waals surface area contributed by atoms with Gasteiger partial charge in [0.25, 0.3) is 0 Å². The maximum atomic E-state index is 3.74. The molecule has 1 aromatic carbocycles. The Balaban J connectivity index is 2.10. The third kappa shape index (κ3) is 3.63. The van der Waals surface area contributed by atoms with Gasteiger partial charge in [0.05, 0.1) is 0 Å². The summed E-state index contributed by atoms with van der Waals surface area (Å²) in [6.45, 7) is 10.4. The highest BCUT2D eigenvalue weighted by Crippen LogP contribution is 2.37. The molecule has 2 unspecified atom stereocenters. The number of hydrogen-bond acceptors (Lipinski definition) is 1. The van der Waals surface area contributed by atoms with E-state index < -0.39 is 0 Å². The van der Waals surface area contributed by atoms with Crippen molar-refractivity contribution >= 4 is 0 Å². The van der Waals surface area contributed by atoms with E-state index in [4.69, 9.17) is 0 Å². The summed E-state index contributed by atoms with van der Waals surface area (Å²) in [5.41, 5.74) is 3.01. The predicted octanol–water partition coefficient (Wildman–Crippen LogP) is 5.29. The summed E-state index contributed by atoms with van der Waals surface area (Å²) >= 11 is 0. The Morgan fingerprint density at radius 3 is 2.20 bits per heavy atom. The monoisotopic (exact) mass is 273 g/mol. The van der Waals surface area contributed by atoms with Crippen molar-refractivity contribution in [2.45, 2.75) is 65.3 Å². The maximum Gasteiger partial charge on any atom is 0.0348 e. The Kier molecular flexibility index (Phi) is 5.65. The van der Waals surface area contributed by atoms with E-state index in [1.54, 1.807) is 5.56 Å². The lowest BCUT2D eigenvalue weighted by atomic mass is 9.79. The smallest absolute Gasteiger partial charge is 0.0348 e. The molecule has 1 aromatic rings. The van der Waals surface area contributed by atoms with Crippen LogP contribution in [0.4, 0.5) is 0 Å². The van der Waals surface area contributed by atoms with Crippen LogP contribution in [0.15, 0.2) is 24.3 Å². The molecule has 0 aromatic heterocycles. The molecular formula is C19H31N. The second kappa shape index (κ2) is 7.26. The summed E-state index contributed by atoms with van der Waals surface area (Å²) in [4.78, 5) is 0. The molecular weight excluding hydrogens is 242 g/mol. The maximum absolute atomic E-state index is 3.74. The van der Waals surface area contributed by atoms with Crippen LogP contribution in [-0.4, -0.2) is 6.54 Å². The van der Waals surface area contributed by atoms with Crippen LogP contribution in [0.2, 0.25) is 0 Å². The Morgan fingerprint density at radius 2 is 1.75 bits per heavy atom. The molecule has 2 atom stereocenters. The van der Waals surface area contributed by atoms with Gasteiger partial charge < -0.3 is 5.32 Å². The van der Waals surface area contributed by atoms with Gasteiger partial charge >= 0.3 is 0 Å². The van der Waals surface area contributed by atoms with Crippen molar-refractivity contribution in [1.82, 2.24) is 5.32 Å². The average Bonchev–Trinajstić information content (AvgIpc) is 2.38. The largest absolute Gasteiger partial charge is 0.310 e. The second-order valence-electron chi connectivity index (χ2n) is 6.83. The Morgan fingerprint density at radius 1 is 1.10 bits per heavy atom. The molecule has 1 fully saturated rings. The van der Waals surface area contributed by atoms with Crippen LogP contribution >= 0.6 is 0 Å². The lowest BCUT2D eigenvalue weighted by Crippen LogP contribution is -2.30. The van der Waals surface area contributed by atoms with Gasteiger partial charge in [-0.1, -0.05) is 58.4 Å². The van der Waals surface area contributed by atoms with Crippen LogP contribution in [0.1, 0.15) is 76.5 Å². The molecule has 1 heteroatoms. The standard InChI is InChI=1S/C19H31N/c1-5-13-20-19(15(4)14(2)3)18-11-9-17(10-12-18)16-7-6-8-16/h9-12,14-16,19-20H,5-8,13H2,1-4H3. The number of benzene rings is 1. The van der Waals surface area contributed by atoms with Crippen molar-refractivity contribution in [2.24, 2.45) is 11.8 Å². The highest BCUT2D eigenvalue weighted by Gasteiger charge is 2.23. The quantitative estimate of drug-likeness (QED) is 0.712. The first kappa shape index (κ1) is 15.6. The Hall–Kier alpha value is -0.820. The first-order valence-corrected chi connectivity index (χ1v) is 8.46. The number of hydrogen-bond donors (Lipinski definition) is 1. The average molecular weight is 273 g/mol. The van der Waals surface area contributed by atoms with E-state index in [1.807, 2.05) is 0 Å². The molecule has 1 saturated carbocycles. The third-order valence-electron chi connectivity index (χ3n) is 5.06. The SMILES string of the molecule is CCCNC(c1ccc(C2CCC2)cc1)C(C)C(C)C. The van der Waals surface area contributed by atoms with Gasteiger partial charge in [-0.2, -0.15) is 0 Å². The summed E-state index contributed by atoms with van der Waals surface area (Å²) in [6.07, 6.45) is 5.39. The summed E-state index contributed by atoms with van der Waals surface area (Å²) < 4.78 is 0. The number of nitrogens with one attached hydrogen (secondary N) is 1. The third-order valence-corrected chi connectivity index (χ3v) is 5.06. The molecule has 0 amide bonds. The van der Waals surface area contributed by atoms with Crippen LogP contribution < -0.4 is 5.32 Å². The number of rotatable bonds is 7. The molecule has 0 bridgehead atoms. The van der Waals surface area contributed by atoms with Gasteiger partial charge in [-0.05, 0) is 54.7 Å². The highest BCUT2D eigenvalue weighted by atomic mass is 14.9. The van der Waals surface area contributed by atoms with E-state index in [2.05, 4.69) is 57.3 Å². The van der Waals surface area contributed by atoms with Crippen LogP contribution in [0.25, 0.3) is 0 Å². The predicted molar refractivity (Wildman–Crippen MR) is 88.1 cm³/mol. The summed E-state index contributed by atoms with van der Waals surface area (Å²) in [5, 5.41) is 3.74. The van der Waals surface area contributed by atoms with E-state index in [9.17, 15) is 0 Å².